The van der Waals surface area contributed by atoms with Gasteiger partial charge >= 0.3 is 5.97 Å². The van der Waals surface area contributed by atoms with Crippen LogP contribution in [0.25, 0.3) is 0 Å². The fourth-order valence-electron chi connectivity index (χ4n) is 1.68. The lowest BCUT2D eigenvalue weighted by Crippen LogP contribution is -2.24. The van der Waals surface area contributed by atoms with E-state index in [1.807, 2.05) is 0 Å². The van der Waals surface area contributed by atoms with E-state index in [4.69, 9.17) is 5.11 Å². The highest BCUT2D eigenvalue weighted by atomic mass is 32.2. The molecule has 0 aliphatic heterocycles. The van der Waals surface area contributed by atoms with E-state index in [1.54, 1.807) is 11.9 Å². The number of benzene rings is 1. The Morgan fingerprint density at radius 3 is 2.40 bits per heavy atom. The molecule has 0 amide bonds. The monoisotopic (exact) mass is 303 g/mol. The van der Waals surface area contributed by atoms with Gasteiger partial charge in [0, 0.05) is 6.54 Å². The summed E-state index contributed by atoms with van der Waals surface area (Å²) in [4.78, 5) is 12.3. The molecule has 0 atom stereocenters. The summed E-state index contributed by atoms with van der Waals surface area (Å²) < 4.78 is 36.6. The lowest BCUT2D eigenvalue weighted by molar-refractivity contribution is -0.137. The largest absolute Gasteiger partial charge is 0.481 e. The zero-order chi connectivity index (χ0) is 15.2. The van der Waals surface area contributed by atoms with Gasteiger partial charge in [0.2, 0.25) is 0 Å². The molecule has 0 bridgehead atoms. The van der Waals surface area contributed by atoms with Gasteiger partial charge in [-0.05, 0) is 44.3 Å². The van der Waals surface area contributed by atoms with Crippen LogP contribution in [0.4, 0.5) is 4.39 Å². The van der Waals surface area contributed by atoms with Crippen LogP contribution in [0.5, 0.6) is 0 Å². The minimum Gasteiger partial charge on any atom is -0.481 e. The molecule has 0 aromatic heterocycles. The van der Waals surface area contributed by atoms with E-state index < -0.39 is 21.6 Å². The molecule has 0 fully saturated rings. The number of halogens is 1. The van der Waals surface area contributed by atoms with Crippen molar-refractivity contribution in [2.45, 2.75) is 17.7 Å². The lowest BCUT2D eigenvalue weighted by atomic mass is 10.3. The topological polar surface area (TPSA) is 74.7 Å². The summed E-state index contributed by atoms with van der Waals surface area (Å²) in [5, 5.41) is 8.53. The molecule has 0 unspecified atom stereocenters. The summed E-state index contributed by atoms with van der Waals surface area (Å²) in [5.41, 5.74) is 0. The standard InChI is InChI=1S/C13H18FNO4S/c1-15(9-7-13(16)17)8-2-10-20(18,19)12-5-3-11(14)4-6-12/h3-6H,2,7-10H2,1H3,(H,16,17). The van der Waals surface area contributed by atoms with Gasteiger partial charge in [-0.25, -0.2) is 12.8 Å². The highest BCUT2D eigenvalue weighted by Gasteiger charge is 2.14. The maximum absolute atomic E-state index is 12.7. The summed E-state index contributed by atoms with van der Waals surface area (Å²) in [6.07, 6.45) is 0.428. The molecule has 1 aromatic carbocycles. The van der Waals surface area contributed by atoms with E-state index in [0.29, 0.717) is 19.5 Å². The van der Waals surface area contributed by atoms with Crippen LogP contribution in [-0.4, -0.2) is 50.3 Å². The van der Waals surface area contributed by atoms with Crippen LogP contribution in [-0.2, 0) is 14.6 Å². The maximum atomic E-state index is 12.7. The number of hydrogen-bond acceptors (Lipinski definition) is 4. The van der Waals surface area contributed by atoms with Gasteiger partial charge in [0.1, 0.15) is 5.82 Å². The van der Waals surface area contributed by atoms with Crippen LogP contribution in [0.2, 0.25) is 0 Å². The Labute approximate surface area is 117 Å². The molecule has 7 heteroatoms. The third kappa shape index (κ3) is 5.66. The first-order valence-electron chi connectivity index (χ1n) is 6.20. The molecule has 0 spiro atoms. The maximum Gasteiger partial charge on any atom is 0.304 e. The SMILES string of the molecule is CN(CCCS(=O)(=O)c1ccc(F)cc1)CCC(=O)O. The van der Waals surface area contributed by atoms with Crippen LogP contribution in [0.3, 0.4) is 0 Å². The third-order valence-electron chi connectivity index (χ3n) is 2.83. The molecule has 0 aliphatic carbocycles. The second-order valence-corrected chi connectivity index (χ2v) is 6.68. The molecule has 0 aliphatic rings. The van der Waals surface area contributed by atoms with E-state index in [-0.39, 0.29) is 17.1 Å². The van der Waals surface area contributed by atoms with Crippen LogP contribution in [0, 0.1) is 5.82 Å². The van der Waals surface area contributed by atoms with E-state index in [1.165, 1.54) is 12.1 Å². The molecule has 1 rings (SSSR count). The molecule has 0 radical (unpaired) electrons. The number of carboxylic acids is 1. The molecular weight excluding hydrogens is 285 g/mol. The molecule has 0 saturated heterocycles. The van der Waals surface area contributed by atoms with Gasteiger partial charge in [-0.3, -0.25) is 4.79 Å². The van der Waals surface area contributed by atoms with Crippen molar-refractivity contribution in [2.24, 2.45) is 0 Å². The van der Waals surface area contributed by atoms with Gasteiger partial charge in [0.05, 0.1) is 17.1 Å². The van der Waals surface area contributed by atoms with E-state index in [2.05, 4.69) is 0 Å². The summed E-state index contributed by atoms with van der Waals surface area (Å²) in [7, 11) is -1.67. The molecule has 20 heavy (non-hydrogen) atoms. The Morgan fingerprint density at radius 1 is 1.25 bits per heavy atom. The van der Waals surface area contributed by atoms with Crippen molar-refractivity contribution < 1.29 is 22.7 Å². The van der Waals surface area contributed by atoms with Crippen molar-refractivity contribution in [2.75, 3.05) is 25.9 Å². The van der Waals surface area contributed by atoms with Crippen molar-refractivity contribution >= 4 is 15.8 Å². The fourth-order valence-corrected chi connectivity index (χ4v) is 2.98. The molecule has 1 aromatic rings. The Balaban J connectivity index is 2.44. The Morgan fingerprint density at radius 2 is 1.85 bits per heavy atom. The van der Waals surface area contributed by atoms with Gasteiger partial charge in [-0.15, -0.1) is 0 Å². The second kappa shape index (κ2) is 7.35. The van der Waals surface area contributed by atoms with Gasteiger partial charge < -0.3 is 10.0 Å². The summed E-state index contributed by atoms with van der Waals surface area (Å²) in [6.45, 7) is 0.875. The summed E-state index contributed by atoms with van der Waals surface area (Å²) in [6, 6.07) is 4.73. The van der Waals surface area contributed by atoms with Crippen LogP contribution in [0.1, 0.15) is 12.8 Å². The van der Waals surface area contributed by atoms with Crippen molar-refractivity contribution in [1.82, 2.24) is 4.90 Å². The van der Waals surface area contributed by atoms with Crippen LogP contribution in [0.15, 0.2) is 29.2 Å². The Kier molecular flexibility index (Phi) is 6.09. The van der Waals surface area contributed by atoms with Gasteiger partial charge in [0.15, 0.2) is 9.84 Å². The molecular formula is C13H18FNO4S. The Hall–Kier alpha value is -1.47. The van der Waals surface area contributed by atoms with E-state index in [9.17, 15) is 17.6 Å². The molecule has 5 nitrogen and oxygen atoms in total. The number of aliphatic carboxylic acids is 1. The minimum atomic E-state index is -3.41. The van der Waals surface area contributed by atoms with Gasteiger partial charge in [-0.1, -0.05) is 0 Å². The lowest BCUT2D eigenvalue weighted by Gasteiger charge is -2.15. The predicted octanol–water partition coefficient (Wildman–Crippen LogP) is 1.40. The smallest absolute Gasteiger partial charge is 0.304 e. The normalized spacial score (nSPS) is 11.8. The Bertz CT molecular complexity index is 542. The fraction of sp³-hybridized carbons (Fsp3) is 0.462. The van der Waals surface area contributed by atoms with E-state index in [0.717, 1.165) is 12.1 Å². The molecule has 0 heterocycles. The van der Waals surface area contributed by atoms with Gasteiger partial charge in [0.25, 0.3) is 0 Å². The second-order valence-electron chi connectivity index (χ2n) is 4.57. The van der Waals surface area contributed by atoms with Crippen molar-refractivity contribution in [3.05, 3.63) is 30.1 Å². The highest BCUT2D eigenvalue weighted by Crippen LogP contribution is 2.12. The number of carboxylic acid groups (broad SMARTS) is 1. The van der Waals surface area contributed by atoms with Crippen molar-refractivity contribution in [1.29, 1.82) is 0 Å². The third-order valence-corrected chi connectivity index (χ3v) is 4.65. The van der Waals surface area contributed by atoms with Gasteiger partial charge in [-0.2, -0.15) is 0 Å². The highest BCUT2D eigenvalue weighted by molar-refractivity contribution is 7.91. The molecule has 112 valence electrons. The average molecular weight is 303 g/mol. The average Bonchev–Trinajstić information content (AvgIpc) is 2.36. The number of hydrogen-bond donors (Lipinski definition) is 1. The zero-order valence-corrected chi connectivity index (χ0v) is 12.1. The zero-order valence-electron chi connectivity index (χ0n) is 11.3. The first-order valence-corrected chi connectivity index (χ1v) is 7.85. The number of sulfone groups is 1. The molecule has 1 N–H and O–H groups in total. The van der Waals surface area contributed by atoms with Crippen LogP contribution >= 0.6 is 0 Å². The molecule has 0 saturated carbocycles. The van der Waals surface area contributed by atoms with Crippen molar-refractivity contribution in [3.63, 3.8) is 0 Å². The van der Waals surface area contributed by atoms with Crippen LogP contribution < -0.4 is 0 Å². The minimum absolute atomic E-state index is 0.0290. The number of carbonyl (C=O) groups is 1. The number of rotatable bonds is 8. The van der Waals surface area contributed by atoms with E-state index >= 15 is 0 Å². The van der Waals surface area contributed by atoms with Crippen molar-refractivity contribution in [3.8, 4) is 0 Å². The predicted molar refractivity (Wildman–Crippen MR) is 72.8 cm³/mol. The number of nitrogens with zero attached hydrogens (tertiary/aromatic N) is 1. The summed E-state index contributed by atoms with van der Waals surface area (Å²) >= 11 is 0. The quantitative estimate of drug-likeness (QED) is 0.735. The first kappa shape index (κ1) is 16.6. The summed E-state index contributed by atoms with van der Waals surface area (Å²) in [5.74, 6) is -1.40. The first-order chi connectivity index (χ1) is 9.31.